The summed E-state index contributed by atoms with van der Waals surface area (Å²) >= 11 is 0. The van der Waals surface area contributed by atoms with E-state index in [4.69, 9.17) is 5.73 Å². The molecule has 2 amide bonds. The monoisotopic (exact) mass is 236 g/mol. The summed E-state index contributed by atoms with van der Waals surface area (Å²) in [5.41, 5.74) is 5.67. The third-order valence-electron chi connectivity index (χ3n) is 3.10. The molecule has 1 saturated carbocycles. The second-order valence-electron chi connectivity index (χ2n) is 4.32. The third kappa shape index (κ3) is 2.64. The predicted octanol–water partition coefficient (Wildman–Crippen LogP) is 0.280. The van der Waals surface area contributed by atoms with E-state index >= 15 is 0 Å². The van der Waals surface area contributed by atoms with Crippen LogP contribution in [-0.4, -0.2) is 39.5 Å². The molecule has 0 saturated heterocycles. The molecule has 0 unspecified atom stereocenters. The van der Waals surface area contributed by atoms with Crippen molar-refractivity contribution in [2.45, 2.75) is 31.7 Å². The minimum Gasteiger partial charge on any atom is -0.368 e. The number of carbonyl (C=O) groups excluding carboxylic acids is 2. The first-order chi connectivity index (χ1) is 8.18. The molecule has 0 aromatic carbocycles. The molecule has 1 aromatic heterocycles. The number of nitrogens with two attached hydrogens (primary N) is 1. The van der Waals surface area contributed by atoms with Crippen molar-refractivity contribution in [2.75, 3.05) is 6.54 Å². The normalized spacial score (nSPS) is 16.0. The van der Waals surface area contributed by atoms with E-state index in [-0.39, 0.29) is 18.5 Å². The van der Waals surface area contributed by atoms with Crippen LogP contribution in [0.15, 0.2) is 12.4 Å². The van der Waals surface area contributed by atoms with Crippen molar-refractivity contribution < 1.29 is 9.59 Å². The highest BCUT2D eigenvalue weighted by Crippen LogP contribution is 2.24. The number of hydrogen-bond acceptors (Lipinski definition) is 3. The Morgan fingerprint density at radius 1 is 1.47 bits per heavy atom. The minimum atomic E-state index is -0.478. The van der Waals surface area contributed by atoms with E-state index in [1.54, 1.807) is 4.90 Å². The van der Waals surface area contributed by atoms with Crippen molar-refractivity contribution in [3.8, 4) is 0 Å². The molecule has 1 heterocycles. The van der Waals surface area contributed by atoms with Crippen LogP contribution in [-0.2, 0) is 4.79 Å². The summed E-state index contributed by atoms with van der Waals surface area (Å²) in [7, 11) is 0. The van der Waals surface area contributed by atoms with E-state index in [0.717, 1.165) is 25.7 Å². The number of rotatable bonds is 4. The van der Waals surface area contributed by atoms with E-state index in [1.165, 1.54) is 12.4 Å². The number of primary amides is 1. The quantitative estimate of drug-likeness (QED) is 0.786. The van der Waals surface area contributed by atoms with Gasteiger partial charge >= 0.3 is 0 Å². The molecule has 0 spiro atoms. The van der Waals surface area contributed by atoms with Crippen LogP contribution in [0.4, 0.5) is 0 Å². The summed E-state index contributed by atoms with van der Waals surface area (Å²) in [6.07, 6.45) is 7.07. The van der Waals surface area contributed by atoms with Gasteiger partial charge in [0.1, 0.15) is 0 Å². The Morgan fingerprint density at radius 2 is 2.18 bits per heavy atom. The zero-order valence-electron chi connectivity index (χ0n) is 9.56. The predicted molar refractivity (Wildman–Crippen MR) is 61.1 cm³/mol. The number of nitrogens with zero attached hydrogens (tertiary/aromatic N) is 2. The second kappa shape index (κ2) is 4.99. The number of hydrogen-bond donors (Lipinski definition) is 2. The average molecular weight is 236 g/mol. The lowest BCUT2D eigenvalue weighted by atomic mass is 10.2. The van der Waals surface area contributed by atoms with Crippen LogP contribution in [0.2, 0.25) is 0 Å². The number of H-pyrrole nitrogens is 1. The summed E-state index contributed by atoms with van der Waals surface area (Å²) in [5, 5.41) is 6.34. The van der Waals surface area contributed by atoms with Gasteiger partial charge in [0.25, 0.3) is 5.91 Å². The van der Waals surface area contributed by atoms with Gasteiger partial charge in [0.05, 0.1) is 18.3 Å². The van der Waals surface area contributed by atoms with E-state index in [1.807, 2.05) is 0 Å². The Balaban J connectivity index is 2.14. The molecule has 2 rings (SSSR count). The molecule has 1 fully saturated rings. The van der Waals surface area contributed by atoms with E-state index in [0.29, 0.717) is 5.56 Å². The fourth-order valence-electron chi connectivity index (χ4n) is 2.28. The molecule has 6 heteroatoms. The highest BCUT2D eigenvalue weighted by atomic mass is 16.2. The van der Waals surface area contributed by atoms with Gasteiger partial charge in [0.2, 0.25) is 5.91 Å². The fraction of sp³-hybridized carbons (Fsp3) is 0.545. The smallest absolute Gasteiger partial charge is 0.257 e. The molecule has 1 aromatic rings. The largest absolute Gasteiger partial charge is 0.368 e. The summed E-state index contributed by atoms with van der Waals surface area (Å²) in [6.45, 7) is -0.0192. The molecular formula is C11H16N4O2. The van der Waals surface area contributed by atoms with Crippen molar-refractivity contribution in [2.24, 2.45) is 5.73 Å². The van der Waals surface area contributed by atoms with Gasteiger partial charge in [-0.1, -0.05) is 12.8 Å². The molecule has 6 nitrogen and oxygen atoms in total. The van der Waals surface area contributed by atoms with Gasteiger partial charge in [0, 0.05) is 12.2 Å². The van der Waals surface area contributed by atoms with E-state index in [2.05, 4.69) is 10.2 Å². The Morgan fingerprint density at radius 3 is 2.71 bits per heavy atom. The maximum atomic E-state index is 12.2. The lowest BCUT2D eigenvalue weighted by Crippen LogP contribution is -2.44. The third-order valence-corrected chi connectivity index (χ3v) is 3.10. The molecule has 0 atom stereocenters. The van der Waals surface area contributed by atoms with Gasteiger partial charge < -0.3 is 10.6 Å². The van der Waals surface area contributed by atoms with Gasteiger partial charge in [-0.15, -0.1) is 0 Å². The number of carbonyl (C=O) groups is 2. The molecule has 0 radical (unpaired) electrons. The van der Waals surface area contributed by atoms with E-state index in [9.17, 15) is 9.59 Å². The van der Waals surface area contributed by atoms with Crippen LogP contribution in [0.3, 0.4) is 0 Å². The lowest BCUT2D eigenvalue weighted by Gasteiger charge is -2.27. The Bertz CT molecular complexity index is 396. The second-order valence-corrected chi connectivity index (χ2v) is 4.32. The van der Waals surface area contributed by atoms with E-state index < -0.39 is 5.91 Å². The first-order valence-electron chi connectivity index (χ1n) is 5.76. The van der Waals surface area contributed by atoms with Crippen LogP contribution in [0.1, 0.15) is 36.0 Å². The molecule has 1 aliphatic carbocycles. The highest BCUT2D eigenvalue weighted by Gasteiger charge is 2.28. The summed E-state index contributed by atoms with van der Waals surface area (Å²) < 4.78 is 0. The van der Waals surface area contributed by atoms with Crippen LogP contribution in [0.5, 0.6) is 0 Å². The first kappa shape index (κ1) is 11.6. The summed E-state index contributed by atoms with van der Waals surface area (Å²) in [5.74, 6) is -0.654. The minimum absolute atomic E-state index is 0.0192. The number of amides is 2. The summed E-state index contributed by atoms with van der Waals surface area (Å²) in [4.78, 5) is 24.8. The molecule has 92 valence electrons. The molecule has 3 N–H and O–H groups in total. The zero-order chi connectivity index (χ0) is 12.3. The van der Waals surface area contributed by atoms with Crippen LogP contribution in [0.25, 0.3) is 0 Å². The van der Waals surface area contributed by atoms with Crippen LogP contribution >= 0.6 is 0 Å². The molecular weight excluding hydrogens is 220 g/mol. The van der Waals surface area contributed by atoms with Crippen LogP contribution in [0, 0.1) is 0 Å². The van der Waals surface area contributed by atoms with Gasteiger partial charge in [-0.2, -0.15) is 5.10 Å². The van der Waals surface area contributed by atoms with Crippen molar-refractivity contribution in [3.63, 3.8) is 0 Å². The molecule has 0 aliphatic heterocycles. The zero-order valence-corrected chi connectivity index (χ0v) is 9.56. The maximum Gasteiger partial charge on any atom is 0.257 e. The van der Waals surface area contributed by atoms with Gasteiger partial charge in [-0.05, 0) is 12.8 Å². The Labute approximate surface area is 99.2 Å². The topological polar surface area (TPSA) is 92.1 Å². The number of aromatic nitrogens is 2. The van der Waals surface area contributed by atoms with Gasteiger partial charge in [-0.3, -0.25) is 14.7 Å². The SMILES string of the molecule is NC(=O)CN(C(=O)c1cn[nH]c1)C1CCCC1. The Hall–Kier alpha value is -1.85. The van der Waals surface area contributed by atoms with Crippen molar-refractivity contribution in [3.05, 3.63) is 18.0 Å². The Kier molecular flexibility index (Phi) is 3.41. The van der Waals surface area contributed by atoms with Crippen molar-refractivity contribution in [1.82, 2.24) is 15.1 Å². The highest BCUT2D eigenvalue weighted by molar-refractivity contribution is 5.96. The molecule has 17 heavy (non-hydrogen) atoms. The standard InChI is InChI=1S/C11H16N4O2/c12-10(16)7-15(9-3-1-2-4-9)11(17)8-5-13-14-6-8/h5-6,9H,1-4,7H2,(H2,12,16)(H,13,14). The number of aromatic amines is 1. The van der Waals surface area contributed by atoms with Crippen LogP contribution < -0.4 is 5.73 Å². The average Bonchev–Trinajstić information content (AvgIpc) is 2.96. The lowest BCUT2D eigenvalue weighted by molar-refractivity contribution is -0.119. The number of nitrogens with one attached hydrogen (secondary N) is 1. The summed E-state index contributed by atoms with van der Waals surface area (Å²) in [6, 6.07) is 0.130. The van der Waals surface area contributed by atoms with Crippen molar-refractivity contribution in [1.29, 1.82) is 0 Å². The van der Waals surface area contributed by atoms with Gasteiger partial charge in [0.15, 0.2) is 0 Å². The first-order valence-corrected chi connectivity index (χ1v) is 5.76. The van der Waals surface area contributed by atoms with Crippen molar-refractivity contribution >= 4 is 11.8 Å². The molecule has 0 bridgehead atoms. The fourth-order valence-corrected chi connectivity index (χ4v) is 2.28. The molecule has 1 aliphatic rings. The maximum absolute atomic E-state index is 12.2. The van der Waals surface area contributed by atoms with Gasteiger partial charge in [-0.25, -0.2) is 0 Å².